The second-order valence-electron chi connectivity index (χ2n) is 5.95. The molecule has 122 valence electrons. The monoisotopic (exact) mass is 313 g/mol. The number of anilines is 2. The zero-order chi connectivity index (χ0) is 17.0. The van der Waals surface area contributed by atoms with Gasteiger partial charge in [0.25, 0.3) is 0 Å². The third-order valence-electron chi connectivity index (χ3n) is 3.25. The van der Waals surface area contributed by atoms with E-state index in [-0.39, 0.29) is 5.92 Å². The number of terminal acetylenes is 1. The summed E-state index contributed by atoms with van der Waals surface area (Å²) in [5.41, 5.74) is 1.06. The lowest BCUT2D eigenvalue weighted by atomic mass is 10.2. The van der Waals surface area contributed by atoms with Gasteiger partial charge in [-0.15, -0.1) is 6.42 Å². The summed E-state index contributed by atoms with van der Waals surface area (Å²) in [6, 6.07) is 0. The summed E-state index contributed by atoms with van der Waals surface area (Å²) >= 11 is 0. The van der Waals surface area contributed by atoms with Crippen LogP contribution in [-0.4, -0.2) is 45.9 Å². The second kappa shape index (κ2) is 7.09. The molecule has 0 spiro atoms. The van der Waals surface area contributed by atoms with Crippen molar-refractivity contribution in [3.05, 3.63) is 23.8 Å². The van der Waals surface area contributed by atoms with Crippen molar-refractivity contribution in [2.75, 3.05) is 30.9 Å². The van der Waals surface area contributed by atoms with E-state index in [1.165, 1.54) is 0 Å². The summed E-state index contributed by atoms with van der Waals surface area (Å²) < 4.78 is 1.74. The van der Waals surface area contributed by atoms with E-state index in [0.717, 1.165) is 11.4 Å². The molecule has 0 radical (unpaired) electrons. The molecule has 0 saturated carbocycles. The minimum absolute atomic E-state index is 0.238. The van der Waals surface area contributed by atoms with E-state index in [1.54, 1.807) is 4.68 Å². The van der Waals surface area contributed by atoms with Gasteiger partial charge in [0, 0.05) is 45.4 Å². The van der Waals surface area contributed by atoms with Crippen LogP contribution in [0.2, 0.25) is 0 Å². The van der Waals surface area contributed by atoms with Gasteiger partial charge in [-0.1, -0.05) is 19.8 Å². The van der Waals surface area contributed by atoms with Crippen LogP contribution in [0.5, 0.6) is 0 Å². The van der Waals surface area contributed by atoms with Crippen LogP contribution in [0, 0.1) is 12.3 Å². The molecular weight excluding hydrogens is 290 g/mol. The van der Waals surface area contributed by atoms with Gasteiger partial charge in [-0.2, -0.15) is 20.1 Å². The van der Waals surface area contributed by atoms with E-state index in [0.29, 0.717) is 25.0 Å². The molecule has 2 aromatic heterocycles. The van der Waals surface area contributed by atoms with E-state index < -0.39 is 0 Å². The zero-order valence-corrected chi connectivity index (χ0v) is 14.4. The normalized spacial score (nSPS) is 10.7. The smallest absolute Gasteiger partial charge is 0.230 e. The maximum Gasteiger partial charge on any atom is 0.230 e. The van der Waals surface area contributed by atoms with Gasteiger partial charge in [0.2, 0.25) is 11.9 Å². The van der Waals surface area contributed by atoms with Crippen LogP contribution < -0.4 is 9.80 Å². The average molecular weight is 313 g/mol. The van der Waals surface area contributed by atoms with Crippen LogP contribution in [-0.2, 0) is 13.1 Å². The van der Waals surface area contributed by atoms with E-state index in [9.17, 15) is 0 Å². The molecule has 0 aliphatic carbocycles. The molecule has 23 heavy (non-hydrogen) atoms. The Balaban J connectivity index is 2.23. The molecular formula is C16H23N7. The molecule has 0 aliphatic rings. The average Bonchev–Trinajstić information content (AvgIpc) is 2.94. The fourth-order valence-electron chi connectivity index (χ4n) is 2.01. The molecule has 0 aromatic carbocycles. The molecule has 0 unspecified atom stereocenters. The van der Waals surface area contributed by atoms with Crippen LogP contribution >= 0.6 is 0 Å². The number of nitrogens with zero attached hydrogens (tertiary/aromatic N) is 7. The summed E-state index contributed by atoms with van der Waals surface area (Å²) in [6.07, 6.45) is 9.05. The largest absolute Gasteiger partial charge is 0.347 e. The third kappa shape index (κ3) is 4.19. The summed E-state index contributed by atoms with van der Waals surface area (Å²) in [7, 11) is 5.80. The predicted octanol–water partition coefficient (Wildman–Crippen LogP) is 1.53. The molecule has 0 bridgehead atoms. The molecule has 0 N–H and O–H groups in total. The number of rotatable bonds is 6. The van der Waals surface area contributed by atoms with Gasteiger partial charge in [-0.3, -0.25) is 4.68 Å². The molecule has 2 rings (SSSR count). The number of hydrogen-bond acceptors (Lipinski definition) is 6. The Morgan fingerprint density at radius 3 is 2.48 bits per heavy atom. The third-order valence-corrected chi connectivity index (χ3v) is 3.25. The topological polar surface area (TPSA) is 63.0 Å². The standard InChI is InChI=1S/C16H23N7/c1-7-8-23-11-13(9-17-23)10-22(6)16-19-14(12(2)3)18-15(20-16)21(4)5/h1,9,11-12H,8,10H2,2-6H3. The van der Waals surface area contributed by atoms with Crippen molar-refractivity contribution in [2.45, 2.75) is 32.9 Å². The first-order chi connectivity index (χ1) is 10.9. The van der Waals surface area contributed by atoms with Crippen LogP contribution in [0.25, 0.3) is 0 Å². The molecule has 0 aliphatic heterocycles. The van der Waals surface area contributed by atoms with Gasteiger partial charge in [0.05, 0.1) is 6.20 Å². The maximum atomic E-state index is 5.30. The lowest BCUT2D eigenvalue weighted by molar-refractivity contribution is 0.713. The Morgan fingerprint density at radius 2 is 1.87 bits per heavy atom. The summed E-state index contributed by atoms with van der Waals surface area (Å²) in [5.74, 6) is 4.91. The van der Waals surface area contributed by atoms with E-state index in [4.69, 9.17) is 6.42 Å². The molecule has 7 nitrogen and oxygen atoms in total. The molecule has 0 amide bonds. The Kier molecular flexibility index (Phi) is 5.16. The first kappa shape index (κ1) is 16.7. The lowest BCUT2D eigenvalue weighted by Gasteiger charge is -2.20. The van der Waals surface area contributed by atoms with Crippen LogP contribution in [0.15, 0.2) is 12.4 Å². The summed E-state index contributed by atoms with van der Waals surface area (Å²) in [6.45, 7) is 5.27. The molecule has 2 aromatic rings. The summed E-state index contributed by atoms with van der Waals surface area (Å²) in [4.78, 5) is 17.5. The predicted molar refractivity (Wildman–Crippen MR) is 91.4 cm³/mol. The highest BCUT2D eigenvalue weighted by molar-refractivity contribution is 5.38. The number of hydrogen-bond donors (Lipinski definition) is 0. The van der Waals surface area contributed by atoms with Crippen LogP contribution in [0.1, 0.15) is 31.2 Å². The number of aromatic nitrogens is 5. The highest BCUT2D eigenvalue weighted by Crippen LogP contribution is 2.18. The van der Waals surface area contributed by atoms with Gasteiger partial charge in [0.15, 0.2) is 0 Å². The Bertz CT molecular complexity index is 670. The van der Waals surface area contributed by atoms with E-state index in [2.05, 4.69) is 39.8 Å². The first-order valence-corrected chi connectivity index (χ1v) is 7.50. The molecule has 0 fully saturated rings. The van der Waals surface area contributed by atoms with Gasteiger partial charge < -0.3 is 9.80 Å². The van der Waals surface area contributed by atoms with Gasteiger partial charge >= 0.3 is 0 Å². The Morgan fingerprint density at radius 1 is 1.17 bits per heavy atom. The maximum absolute atomic E-state index is 5.30. The highest BCUT2D eigenvalue weighted by Gasteiger charge is 2.14. The zero-order valence-electron chi connectivity index (χ0n) is 14.4. The first-order valence-electron chi connectivity index (χ1n) is 7.50. The van der Waals surface area contributed by atoms with Crippen LogP contribution in [0.3, 0.4) is 0 Å². The van der Waals surface area contributed by atoms with Crippen LogP contribution in [0.4, 0.5) is 11.9 Å². The second-order valence-corrected chi connectivity index (χ2v) is 5.95. The van der Waals surface area contributed by atoms with E-state index in [1.807, 2.05) is 43.3 Å². The molecule has 0 atom stereocenters. The van der Waals surface area contributed by atoms with Gasteiger partial charge in [-0.25, -0.2) is 0 Å². The molecule has 0 saturated heterocycles. The van der Waals surface area contributed by atoms with Crippen molar-refractivity contribution in [2.24, 2.45) is 0 Å². The summed E-state index contributed by atoms with van der Waals surface area (Å²) in [5, 5.41) is 4.23. The Labute approximate surface area is 137 Å². The quantitative estimate of drug-likeness (QED) is 0.754. The molecule has 7 heteroatoms. The van der Waals surface area contributed by atoms with Gasteiger partial charge in [0.1, 0.15) is 12.4 Å². The minimum atomic E-state index is 0.238. The minimum Gasteiger partial charge on any atom is -0.347 e. The van der Waals surface area contributed by atoms with Crippen molar-refractivity contribution in [1.82, 2.24) is 24.7 Å². The van der Waals surface area contributed by atoms with Gasteiger partial charge in [-0.05, 0) is 0 Å². The Hall–Kier alpha value is -2.62. The van der Waals surface area contributed by atoms with E-state index >= 15 is 0 Å². The fraction of sp³-hybridized carbons (Fsp3) is 0.500. The van der Waals surface area contributed by atoms with Crippen molar-refractivity contribution in [1.29, 1.82) is 0 Å². The molecule has 2 heterocycles. The van der Waals surface area contributed by atoms with Crippen molar-refractivity contribution in [3.63, 3.8) is 0 Å². The lowest BCUT2D eigenvalue weighted by Crippen LogP contribution is -2.23. The van der Waals surface area contributed by atoms with Crippen molar-refractivity contribution in [3.8, 4) is 12.3 Å². The SMILES string of the molecule is C#CCn1cc(CN(C)c2nc(C(C)C)nc(N(C)C)n2)cn1. The van der Waals surface area contributed by atoms with Crippen molar-refractivity contribution >= 4 is 11.9 Å². The van der Waals surface area contributed by atoms with Crippen molar-refractivity contribution < 1.29 is 0 Å². The highest BCUT2D eigenvalue weighted by atomic mass is 15.3. The fourth-order valence-corrected chi connectivity index (χ4v) is 2.01.